The fraction of sp³-hybridized carbons (Fsp3) is 0.172. The molecule has 4 heteroatoms. The number of benzene rings is 2. The Morgan fingerprint density at radius 1 is 0.636 bits per heavy atom. The molecule has 5 rings (SSSR count). The molecule has 1 aliphatic carbocycles. The predicted molar refractivity (Wildman–Crippen MR) is 125 cm³/mol. The monoisotopic (exact) mass is 428 g/mol. The molecule has 33 heavy (non-hydrogen) atoms. The van der Waals surface area contributed by atoms with Crippen LogP contribution in [0, 0.1) is 22.7 Å². The van der Waals surface area contributed by atoms with Crippen LogP contribution in [0.2, 0.25) is 0 Å². The molecule has 2 aromatic carbocycles. The van der Waals surface area contributed by atoms with E-state index in [1.807, 2.05) is 48.5 Å². The molecule has 2 aromatic heterocycles. The van der Waals surface area contributed by atoms with E-state index in [0.717, 1.165) is 13.1 Å². The van der Waals surface area contributed by atoms with Crippen LogP contribution in [0.15, 0.2) is 85.5 Å². The van der Waals surface area contributed by atoms with Gasteiger partial charge in [0, 0.05) is 39.8 Å². The van der Waals surface area contributed by atoms with Crippen LogP contribution >= 0.6 is 0 Å². The fourth-order valence-corrected chi connectivity index (χ4v) is 4.68. The molecule has 0 fully saturated rings. The van der Waals surface area contributed by atoms with Crippen molar-refractivity contribution in [1.29, 1.82) is 10.5 Å². The first-order chi connectivity index (χ1) is 16.0. The Kier molecular flexibility index (Phi) is 5.00. The highest BCUT2D eigenvalue weighted by molar-refractivity contribution is 5.78. The molecule has 0 atom stereocenters. The van der Waals surface area contributed by atoms with Crippen molar-refractivity contribution >= 4 is 0 Å². The number of nitrogens with zero attached hydrogens (tertiary/aromatic N) is 4. The second-order valence-corrected chi connectivity index (χ2v) is 9.13. The van der Waals surface area contributed by atoms with E-state index in [-0.39, 0.29) is 5.41 Å². The number of nitriles is 2. The van der Waals surface area contributed by atoms with Gasteiger partial charge in [-0.3, -0.25) is 0 Å². The van der Waals surface area contributed by atoms with E-state index in [2.05, 4.69) is 72.0 Å². The zero-order chi connectivity index (χ0) is 23.0. The molecule has 158 valence electrons. The van der Waals surface area contributed by atoms with Gasteiger partial charge in [-0.2, -0.15) is 10.5 Å². The first-order valence-electron chi connectivity index (χ1n) is 11.0. The lowest BCUT2D eigenvalue weighted by molar-refractivity contribution is -0.689. The number of hydrogen-bond acceptors (Lipinski definition) is 2. The van der Waals surface area contributed by atoms with Crippen molar-refractivity contribution in [3.8, 4) is 23.3 Å². The number of rotatable bonds is 4. The Bertz CT molecular complexity index is 1320. The summed E-state index contributed by atoms with van der Waals surface area (Å²) in [6.07, 6.45) is 8.80. The maximum absolute atomic E-state index is 9.02. The summed E-state index contributed by atoms with van der Waals surface area (Å²) < 4.78 is 4.44. The van der Waals surface area contributed by atoms with Gasteiger partial charge in [-0.15, -0.1) is 0 Å². The summed E-state index contributed by atoms with van der Waals surface area (Å²) >= 11 is 0. The molecular weight excluding hydrogens is 404 g/mol. The number of pyridine rings is 2. The van der Waals surface area contributed by atoms with Gasteiger partial charge < -0.3 is 0 Å². The van der Waals surface area contributed by atoms with Gasteiger partial charge in [-0.25, -0.2) is 9.13 Å². The molecule has 0 radical (unpaired) electrons. The molecule has 2 heterocycles. The third-order valence-electron chi connectivity index (χ3n) is 6.57. The van der Waals surface area contributed by atoms with Gasteiger partial charge in [0.2, 0.25) is 0 Å². The molecular formula is C29H24N4+2. The second-order valence-electron chi connectivity index (χ2n) is 9.13. The van der Waals surface area contributed by atoms with Crippen LogP contribution < -0.4 is 9.13 Å². The fourth-order valence-electron chi connectivity index (χ4n) is 4.68. The summed E-state index contributed by atoms with van der Waals surface area (Å²) in [6, 6.07) is 24.3. The van der Waals surface area contributed by atoms with Crippen molar-refractivity contribution in [2.24, 2.45) is 0 Å². The largest absolute Gasteiger partial charge is 0.200 e. The van der Waals surface area contributed by atoms with Crippen molar-refractivity contribution in [3.05, 3.63) is 119 Å². The van der Waals surface area contributed by atoms with Gasteiger partial charge in [0.25, 0.3) is 0 Å². The second kappa shape index (κ2) is 8.01. The third kappa shape index (κ3) is 3.77. The van der Waals surface area contributed by atoms with Gasteiger partial charge in [0.1, 0.15) is 0 Å². The Labute approximate surface area is 194 Å². The minimum absolute atomic E-state index is 0.105. The van der Waals surface area contributed by atoms with E-state index in [0.29, 0.717) is 11.1 Å². The topological polar surface area (TPSA) is 55.3 Å². The maximum atomic E-state index is 9.02. The first-order valence-corrected chi connectivity index (χ1v) is 11.0. The van der Waals surface area contributed by atoms with E-state index in [9.17, 15) is 0 Å². The predicted octanol–water partition coefficient (Wildman–Crippen LogP) is 4.41. The molecule has 0 unspecified atom stereocenters. The Hall–Kier alpha value is -4.28. The zero-order valence-electron chi connectivity index (χ0n) is 18.8. The highest BCUT2D eigenvalue weighted by Gasteiger charge is 2.39. The molecule has 0 N–H and O–H groups in total. The Morgan fingerprint density at radius 3 is 1.39 bits per heavy atom. The first kappa shape index (κ1) is 20.6. The Balaban J connectivity index is 1.43. The van der Waals surface area contributed by atoms with Crippen LogP contribution in [0.1, 0.15) is 47.2 Å². The van der Waals surface area contributed by atoms with Gasteiger partial charge in [-0.1, -0.05) is 38.1 Å². The van der Waals surface area contributed by atoms with Crippen LogP contribution in [0.4, 0.5) is 0 Å². The van der Waals surface area contributed by atoms with Gasteiger partial charge in [0.15, 0.2) is 37.9 Å². The number of fused-ring (bicyclic) bond motifs is 3. The van der Waals surface area contributed by atoms with Crippen LogP contribution in [0.3, 0.4) is 0 Å². The van der Waals surface area contributed by atoms with Gasteiger partial charge in [0.05, 0.1) is 23.3 Å². The van der Waals surface area contributed by atoms with Gasteiger partial charge in [-0.05, 0) is 35.4 Å². The summed E-state index contributed by atoms with van der Waals surface area (Å²) in [7, 11) is 0. The smallest absolute Gasteiger partial charge is 0.173 e. The quantitative estimate of drug-likeness (QED) is 0.452. The van der Waals surface area contributed by atoms with E-state index in [1.165, 1.54) is 33.4 Å². The van der Waals surface area contributed by atoms with Crippen LogP contribution in [-0.4, -0.2) is 0 Å². The van der Waals surface area contributed by atoms with Crippen LogP contribution in [0.25, 0.3) is 11.1 Å². The molecule has 0 aliphatic heterocycles. The van der Waals surface area contributed by atoms with Crippen molar-refractivity contribution in [1.82, 2.24) is 0 Å². The SMILES string of the molecule is CC1(C)c2c[n+](Cc3ccc(C#N)cc3)ccc2-c2cc[n+](Cc3ccc(C#N)cc3)cc21. The zero-order valence-corrected chi connectivity index (χ0v) is 18.8. The summed E-state index contributed by atoms with van der Waals surface area (Å²) in [5, 5.41) is 18.0. The van der Waals surface area contributed by atoms with E-state index < -0.39 is 0 Å². The van der Waals surface area contributed by atoms with E-state index in [4.69, 9.17) is 10.5 Å². The van der Waals surface area contributed by atoms with Crippen LogP contribution in [0.5, 0.6) is 0 Å². The lowest BCUT2D eigenvalue weighted by Crippen LogP contribution is -2.36. The molecule has 0 spiro atoms. The lowest BCUT2D eigenvalue weighted by atomic mass is 9.84. The van der Waals surface area contributed by atoms with Gasteiger partial charge >= 0.3 is 0 Å². The van der Waals surface area contributed by atoms with E-state index >= 15 is 0 Å². The number of hydrogen-bond donors (Lipinski definition) is 0. The molecule has 4 nitrogen and oxygen atoms in total. The third-order valence-corrected chi connectivity index (χ3v) is 6.57. The summed E-state index contributed by atoms with van der Waals surface area (Å²) in [6.45, 7) is 6.11. The Morgan fingerprint density at radius 2 is 1.03 bits per heavy atom. The molecule has 0 saturated heterocycles. The van der Waals surface area contributed by atoms with Crippen molar-refractivity contribution in [3.63, 3.8) is 0 Å². The highest BCUT2D eigenvalue weighted by atomic mass is 14.9. The lowest BCUT2D eigenvalue weighted by Gasteiger charge is -2.18. The molecule has 0 amide bonds. The molecule has 4 aromatic rings. The van der Waals surface area contributed by atoms with E-state index in [1.54, 1.807) is 0 Å². The summed E-state index contributed by atoms with van der Waals surface area (Å²) in [5.74, 6) is 0. The molecule has 0 saturated carbocycles. The average molecular weight is 429 g/mol. The average Bonchev–Trinajstić information content (AvgIpc) is 3.06. The highest BCUT2D eigenvalue weighted by Crippen LogP contribution is 2.47. The van der Waals surface area contributed by atoms with Crippen molar-refractivity contribution in [2.45, 2.75) is 32.4 Å². The number of aromatic nitrogens is 2. The standard InChI is InChI=1S/C29H24N4/c1-29(2)27-19-32(17-23-7-3-21(15-30)4-8-23)13-11-25(27)26-12-14-33(20-28(26)29)18-24-9-5-22(16-31)6-10-24/h3-14,19-20H,17-18H2,1-2H3/q+2. The molecule has 0 bridgehead atoms. The van der Waals surface area contributed by atoms with Crippen molar-refractivity contribution < 1.29 is 9.13 Å². The minimum atomic E-state index is -0.105. The van der Waals surface area contributed by atoms with Crippen LogP contribution in [-0.2, 0) is 18.5 Å². The summed E-state index contributed by atoms with van der Waals surface area (Å²) in [5.41, 5.74) is 8.83. The normalized spacial score (nSPS) is 13.0. The molecule has 1 aliphatic rings. The maximum Gasteiger partial charge on any atom is 0.173 e. The summed E-state index contributed by atoms with van der Waals surface area (Å²) in [4.78, 5) is 0. The minimum Gasteiger partial charge on any atom is -0.200 e. The van der Waals surface area contributed by atoms with Crippen molar-refractivity contribution in [2.75, 3.05) is 0 Å².